The van der Waals surface area contributed by atoms with E-state index in [0.29, 0.717) is 0 Å². The first-order valence-corrected chi connectivity index (χ1v) is 4.00. The van der Waals surface area contributed by atoms with Crippen molar-refractivity contribution < 1.29 is 0 Å². The van der Waals surface area contributed by atoms with Gasteiger partial charge in [-0.2, -0.15) is 5.10 Å². The average molecular weight is 179 g/mol. The third-order valence-corrected chi connectivity index (χ3v) is 1.52. The Labute approximate surface area is 76.8 Å². The molecule has 0 spiro atoms. The predicted octanol–water partition coefficient (Wildman–Crippen LogP) is 0.115. The first kappa shape index (κ1) is 9.31. The molecule has 5 heteroatoms. The van der Waals surface area contributed by atoms with Crippen LogP contribution in [0.5, 0.6) is 0 Å². The molecule has 0 radical (unpaired) electrons. The lowest BCUT2D eigenvalue weighted by Gasteiger charge is -1.91. The van der Waals surface area contributed by atoms with E-state index >= 15 is 0 Å². The van der Waals surface area contributed by atoms with E-state index in [1.165, 1.54) is 0 Å². The number of rotatable bonds is 3. The van der Waals surface area contributed by atoms with Crippen LogP contribution in [0, 0.1) is 0 Å². The van der Waals surface area contributed by atoms with Crippen LogP contribution in [0.4, 0.5) is 0 Å². The lowest BCUT2D eigenvalue weighted by molar-refractivity contribution is 0.769. The summed E-state index contributed by atoms with van der Waals surface area (Å²) in [6, 6.07) is 1.94. The van der Waals surface area contributed by atoms with E-state index in [1.807, 2.05) is 23.0 Å². The van der Waals surface area contributed by atoms with Crippen molar-refractivity contribution in [1.82, 2.24) is 4.57 Å². The number of aromatic nitrogens is 1. The molecule has 0 saturated heterocycles. The van der Waals surface area contributed by atoms with Crippen LogP contribution in [0.2, 0.25) is 0 Å². The highest BCUT2D eigenvalue weighted by Crippen LogP contribution is 1.97. The van der Waals surface area contributed by atoms with Crippen molar-refractivity contribution in [3.63, 3.8) is 0 Å². The smallest absolute Gasteiger partial charge is 0.211 e. The Balaban J connectivity index is 2.64. The normalized spacial score (nSPS) is 10.5. The number of hydrogen-bond donors (Lipinski definition) is 2. The van der Waals surface area contributed by atoms with Gasteiger partial charge in [0.05, 0.1) is 6.21 Å². The Hall–Kier alpha value is -1.78. The monoisotopic (exact) mass is 179 g/mol. The number of guanidine groups is 1. The van der Waals surface area contributed by atoms with Gasteiger partial charge in [-0.25, -0.2) is 0 Å². The molecule has 0 unspecified atom stereocenters. The highest BCUT2D eigenvalue weighted by Gasteiger charge is 1.90. The van der Waals surface area contributed by atoms with Crippen molar-refractivity contribution in [1.29, 1.82) is 0 Å². The summed E-state index contributed by atoms with van der Waals surface area (Å²) < 4.78 is 2.04. The molecule has 4 N–H and O–H groups in total. The molecule has 0 fully saturated rings. The minimum atomic E-state index is -0.0359. The zero-order chi connectivity index (χ0) is 9.68. The van der Waals surface area contributed by atoms with Crippen molar-refractivity contribution >= 4 is 12.2 Å². The maximum atomic E-state index is 5.10. The van der Waals surface area contributed by atoms with Gasteiger partial charge in [-0.1, -0.05) is 0 Å². The molecule has 0 aliphatic carbocycles. The first-order valence-electron chi connectivity index (χ1n) is 4.00. The van der Waals surface area contributed by atoms with E-state index in [1.54, 1.807) is 6.21 Å². The van der Waals surface area contributed by atoms with E-state index in [0.717, 1.165) is 12.1 Å². The third kappa shape index (κ3) is 2.98. The van der Waals surface area contributed by atoms with Gasteiger partial charge in [-0.3, -0.25) is 0 Å². The second-order valence-electron chi connectivity index (χ2n) is 2.54. The van der Waals surface area contributed by atoms with Crippen LogP contribution < -0.4 is 11.5 Å². The molecular formula is C8H13N5. The fourth-order valence-corrected chi connectivity index (χ4v) is 0.895. The Morgan fingerprint density at radius 2 is 2.38 bits per heavy atom. The zero-order valence-electron chi connectivity index (χ0n) is 7.51. The van der Waals surface area contributed by atoms with Crippen molar-refractivity contribution in [3.8, 4) is 0 Å². The SMILES string of the molecule is CCn1ccc(C=NN=C(N)N)c1. The Kier molecular flexibility index (Phi) is 3.08. The van der Waals surface area contributed by atoms with Crippen LogP contribution in [0.15, 0.2) is 28.7 Å². The van der Waals surface area contributed by atoms with Gasteiger partial charge >= 0.3 is 0 Å². The maximum Gasteiger partial charge on any atom is 0.211 e. The van der Waals surface area contributed by atoms with Gasteiger partial charge in [0.15, 0.2) is 0 Å². The van der Waals surface area contributed by atoms with Gasteiger partial charge in [0.25, 0.3) is 0 Å². The van der Waals surface area contributed by atoms with Crippen molar-refractivity contribution in [3.05, 3.63) is 24.0 Å². The molecule has 5 nitrogen and oxygen atoms in total. The molecule has 0 aliphatic heterocycles. The van der Waals surface area contributed by atoms with Crippen LogP contribution >= 0.6 is 0 Å². The summed E-state index contributed by atoms with van der Waals surface area (Å²) in [6.07, 6.45) is 5.54. The molecule has 1 heterocycles. The summed E-state index contributed by atoms with van der Waals surface area (Å²) in [5.74, 6) is -0.0359. The largest absolute Gasteiger partial charge is 0.369 e. The molecule has 0 bridgehead atoms. The second-order valence-corrected chi connectivity index (χ2v) is 2.54. The highest BCUT2D eigenvalue weighted by atomic mass is 15.3. The molecule has 0 atom stereocenters. The Morgan fingerprint density at radius 3 is 2.92 bits per heavy atom. The third-order valence-electron chi connectivity index (χ3n) is 1.52. The van der Waals surface area contributed by atoms with E-state index in [4.69, 9.17) is 11.5 Å². The predicted molar refractivity (Wildman–Crippen MR) is 53.5 cm³/mol. The molecule has 0 aromatic carbocycles. The van der Waals surface area contributed by atoms with Crippen LogP contribution in [-0.4, -0.2) is 16.7 Å². The second kappa shape index (κ2) is 4.30. The van der Waals surface area contributed by atoms with Gasteiger partial charge in [0.2, 0.25) is 5.96 Å². The van der Waals surface area contributed by atoms with E-state index < -0.39 is 0 Å². The summed E-state index contributed by atoms with van der Waals surface area (Å²) in [5, 5.41) is 7.18. The van der Waals surface area contributed by atoms with Crippen LogP contribution in [0.25, 0.3) is 0 Å². The number of hydrogen-bond acceptors (Lipinski definition) is 2. The number of aryl methyl sites for hydroxylation is 1. The average Bonchev–Trinajstić information content (AvgIpc) is 2.52. The first-order chi connectivity index (χ1) is 6.22. The molecule has 0 amide bonds. The van der Waals surface area contributed by atoms with Crippen LogP contribution in [0.1, 0.15) is 12.5 Å². The Morgan fingerprint density at radius 1 is 1.62 bits per heavy atom. The minimum Gasteiger partial charge on any atom is -0.369 e. The fraction of sp³-hybridized carbons (Fsp3) is 0.250. The van der Waals surface area contributed by atoms with Crippen molar-refractivity contribution in [2.45, 2.75) is 13.5 Å². The number of nitrogens with zero attached hydrogens (tertiary/aromatic N) is 3. The van der Waals surface area contributed by atoms with Gasteiger partial charge in [0.1, 0.15) is 0 Å². The van der Waals surface area contributed by atoms with Gasteiger partial charge in [-0.05, 0) is 13.0 Å². The van der Waals surface area contributed by atoms with E-state index in [-0.39, 0.29) is 5.96 Å². The minimum absolute atomic E-state index is 0.0359. The fourth-order valence-electron chi connectivity index (χ4n) is 0.895. The van der Waals surface area contributed by atoms with E-state index in [2.05, 4.69) is 17.1 Å². The number of nitrogens with two attached hydrogens (primary N) is 2. The quantitative estimate of drug-likeness (QED) is 0.392. The van der Waals surface area contributed by atoms with E-state index in [9.17, 15) is 0 Å². The maximum absolute atomic E-state index is 5.10. The highest BCUT2D eigenvalue weighted by molar-refractivity contribution is 5.81. The molecule has 13 heavy (non-hydrogen) atoms. The topological polar surface area (TPSA) is 81.7 Å². The standard InChI is InChI=1S/C8H13N5/c1-2-13-4-3-7(6-13)5-11-12-8(9)10/h3-6H,2H2,1H3,(H4,9,10,12). The summed E-state index contributed by atoms with van der Waals surface area (Å²) in [5.41, 5.74) is 11.2. The molecule has 0 aliphatic rings. The van der Waals surface area contributed by atoms with Gasteiger partial charge in [-0.15, -0.1) is 5.10 Å². The van der Waals surface area contributed by atoms with Crippen LogP contribution in [0.3, 0.4) is 0 Å². The molecule has 1 rings (SSSR count). The lowest BCUT2D eigenvalue weighted by Crippen LogP contribution is -2.21. The lowest BCUT2D eigenvalue weighted by atomic mass is 10.4. The molecular weight excluding hydrogens is 166 g/mol. The molecule has 0 saturated carbocycles. The summed E-state index contributed by atoms with van der Waals surface area (Å²) in [7, 11) is 0. The summed E-state index contributed by atoms with van der Waals surface area (Å²) in [4.78, 5) is 0. The molecule has 1 aromatic rings. The van der Waals surface area contributed by atoms with Crippen molar-refractivity contribution in [2.75, 3.05) is 0 Å². The van der Waals surface area contributed by atoms with Crippen LogP contribution in [-0.2, 0) is 6.54 Å². The van der Waals surface area contributed by atoms with Gasteiger partial charge < -0.3 is 16.0 Å². The molecule has 1 aromatic heterocycles. The summed E-state index contributed by atoms with van der Waals surface area (Å²) in [6.45, 7) is 3.01. The summed E-state index contributed by atoms with van der Waals surface area (Å²) >= 11 is 0. The molecule has 70 valence electrons. The zero-order valence-corrected chi connectivity index (χ0v) is 7.51. The van der Waals surface area contributed by atoms with Crippen molar-refractivity contribution in [2.24, 2.45) is 21.7 Å². The van der Waals surface area contributed by atoms with Gasteiger partial charge in [0, 0.05) is 24.5 Å². The Bertz CT molecular complexity index is 319.